The van der Waals surface area contributed by atoms with E-state index in [0.717, 1.165) is 29.7 Å². The van der Waals surface area contributed by atoms with Gasteiger partial charge in [-0.3, -0.25) is 0 Å². The van der Waals surface area contributed by atoms with E-state index in [1.807, 2.05) is 25.1 Å². The molecule has 0 radical (unpaired) electrons. The molecule has 112 valence electrons. The zero-order chi connectivity index (χ0) is 14.9. The molecule has 0 amide bonds. The quantitative estimate of drug-likeness (QED) is 0.936. The number of aryl methyl sites for hydroxylation is 1. The maximum absolute atomic E-state index is 6.36. The Morgan fingerprint density at radius 2 is 2.10 bits per heavy atom. The smallest absolute Gasteiger partial charge is 0.228 e. The number of methoxy groups -OCH3 is 1. The number of ether oxygens (including phenoxy) is 1. The van der Waals surface area contributed by atoms with Gasteiger partial charge in [0.15, 0.2) is 0 Å². The van der Waals surface area contributed by atoms with Crippen LogP contribution in [-0.4, -0.2) is 22.8 Å². The Morgan fingerprint density at radius 3 is 2.81 bits per heavy atom. The Hall–Kier alpha value is -1.88. The van der Waals surface area contributed by atoms with Crippen molar-refractivity contribution in [3.8, 4) is 17.1 Å². The SMILES string of the molecule is COc1cc(C)ccc1-c1noc(CC2(N)CCCC2)n1. The van der Waals surface area contributed by atoms with Crippen LogP contribution in [0, 0.1) is 6.92 Å². The van der Waals surface area contributed by atoms with Crippen LogP contribution in [-0.2, 0) is 6.42 Å². The normalized spacial score (nSPS) is 17.1. The molecule has 2 aromatic rings. The van der Waals surface area contributed by atoms with Crippen LogP contribution >= 0.6 is 0 Å². The molecule has 0 spiro atoms. The molecule has 0 aliphatic heterocycles. The second kappa shape index (κ2) is 5.48. The van der Waals surface area contributed by atoms with Crippen LogP contribution in [0.1, 0.15) is 37.1 Å². The van der Waals surface area contributed by atoms with Crippen molar-refractivity contribution in [1.82, 2.24) is 10.1 Å². The molecule has 5 nitrogen and oxygen atoms in total. The molecule has 0 bridgehead atoms. The van der Waals surface area contributed by atoms with Gasteiger partial charge in [-0.15, -0.1) is 0 Å². The number of nitrogens with zero attached hydrogens (tertiary/aromatic N) is 2. The zero-order valence-electron chi connectivity index (χ0n) is 12.6. The molecule has 5 heteroatoms. The van der Waals surface area contributed by atoms with Crippen molar-refractivity contribution in [2.75, 3.05) is 7.11 Å². The molecular formula is C16H21N3O2. The highest BCUT2D eigenvalue weighted by atomic mass is 16.5. The van der Waals surface area contributed by atoms with Gasteiger partial charge in [0.05, 0.1) is 12.7 Å². The minimum Gasteiger partial charge on any atom is -0.496 e. The van der Waals surface area contributed by atoms with Crippen molar-refractivity contribution in [3.05, 3.63) is 29.7 Å². The van der Waals surface area contributed by atoms with Crippen molar-refractivity contribution in [1.29, 1.82) is 0 Å². The summed E-state index contributed by atoms with van der Waals surface area (Å²) in [5.74, 6) is 1.92. The Kier molecular flexibility index (Phi) is 3.68. The highest BCUT2D eigenvalue weighted by molar-refractivity contribution is 5.64. The summed E-state index contributed by atoms with van der Waals surface area (Å²) < 4.78 is 10.8. The third kappa shape index (κ3) is 2.93. The van der Waals surface area contributed by atoms with E-state index in [-0.39, 0.29) is 5.54 Å². The zero-order valence-corrected chi connectivity index (χ0v) is 12.6. The van der Waals surface area contributed by atoms with Gasteiger partial charge in [0.1, 0.15) is 5.75 Å². The number of aromatic nitrogens is 2. The molecule has 1 saturated carbocycles. The van der Waals surface area contributed by atoms with Gasteiger partial charge in [0.2, 0.25) is 11.7 Å². The van der Waals surface area contributed by atoms with Crippen LogP contribution in [0.4, 0.5) is 0 Å². The summed E-state index contributed by atoms with van der Waals surface area (Å²) in [5, 5.41) is 4.08. The van der Waals surface area contributed by atoms with E-state index in [0.29, 0.717) is 18.1 Å². The number of benzene rings is 1. The van der Waals surface area contributed by atoms with Crippen LogP contribution in [0.2, 0.25) is 0 Å². The molecule has 1 aliphatic carbocycles. The topological polar surface area (TPSA) is 74.2 Å². The molecule has 1 aromatic heterocycles. The van der Waals surface area contributed by atoms with E-state index < -0.39 is 0 Å². The molecule has 1 heterocycles. The predicted octanol–water partition coefficient (Wildman–Crippen LogP) is 2.87. The summed E-state index contributed by atoms with van der Waals surface area (Å²) in [6, 6.07) is 5.93. The predicted molar refractivity (Wildman–Crippen MR) is 80.1 cm³/mol. The van der Waals surface area contributed by atoms with Crippen LogP contribution in [0.3, 0.4) is 0 Å². The molecule has 1 aliphatic rings. The Bertz CT molecular complexity index is 630. The molecule has 1 aromatic carbocycles. The fraction of sp³-hybridized carbons (Fsp3) is 0.500. The summed E-state index contributed by atoms with van der Waals surface area (Å²) >= 11 is 0. The fourth-order valence-corrected chi connectivity index (χ4v) is 2.98. The molecule has 0 unspecified atom stereocenters. The number of hydrogen-bond donors (Lipinski definition) is 1. The highest BCUT2D eigenvalue weighted by Crippen LogP contribution is 2.32. The molecule has 0 atom stereocenters. The van der Waals surface area contributed by atoms with E-state index >= 15 is 0 Å². The summed E-state index contributed by atoms with van der Waals surface area (Å²) in [7, 11) is 1.65. The minimum absolute atomic E-state index is 0.179. The van der Waals surface area contributed by atoms with E-state index in [1.54, 1.807) is 7.11 Å². The van der Waals surface area contributed by atoms with Crippen LogP contribution in [0.15, 0.2) is 22.7 Å². The van der Waals surface area contributed by atoms with Gasteiger partial charge >= 0.3 is 0 Å². The van der Waals surface area contributed by atoms with Gasteiger partial charge < -0.3 is 15.0 Å². The molecule has 0 saturated heterocycles. The lowest BCUT2D eigenvalue weighted by Crippen LogP contribution is -2.38. The third-order valence-corrected chi connectivity index (χ3v) is 4.17. The van der Waals surface area contributed by atoms with Crippen molar-refractivity contribution in [2.24, 2.45) is 5.73 Å². The van der Waals surface area contributed by atoms with Gasteiger partial charge in [-0.05, 0) is 37.5 Å². The summed E-state index contributed by atoms with van der Waals surface area (Å²) in [6.45, 7) is 2.02. The molecule has 21 heavy (non-hydrogen) atoms. The first kappa shape index (κ1) is 14.1. The lowest BCUT2D eigenvalue weighted by Gasteiger charge is -2.20. The van der Waals surface area contributed by atoms with E-state index in [2.05, 4.69) is 10.1 Å². The molecule has 1 fully saturated rings. The number of rotatable bonds is 4. The van der Waals surface area contributed by atoms with Crippen LogP contribution < -0.4 is 10.5 Å². The maximum Gasteiger partial charge on any atom is 0.228 e. The van der Waals surface area contributed by atoms with Crippen molar-refractivity contribution >= 4 is 0 Å². The molecule has 2 N–H and O–H groups in total. The summed E-state index contributed by atoms with van der Waals surface area (Å²) in [4.78, 5) is 4.49. The second-order valence-corrected chi connectivity index (χ2v) is 5.96. The highest BCUT2D eigenvalue weighted by Gasteiger charge is 2.31. The van der Waals surface area contributed by atoms with Gasteiger partial charge in [0.25, 0.3) is 0 Å². The molecular weight excluding hydrogens is 266 g/mol. The van der Waals surface area contributed by atoms with Crippen molar-refractivity contribution < 1.29 is 9.26 Å². The second-order valence-electron chi connectivity index (χ2n) is 5.96. The maximum atomic E-state index is 6.36. The van der Waals surface area contributed by atoms with Gasteiger partial charge in [0, 0.05) is 12.0 Å². The average molecular weight is 287 g/mol. The summed E-state index contributed by atoms with van der Waals surface area (Å²) in [5.41, 5.74) is 8.16. The number of nitrogens with two attached hydrogens (primary N) is 1. The monoisotopic (exact) mass is 287 g/mol. The van der Waals surface area contributed by atoms with E-state index in [9.17, 15) is 0 Å². The number of hydrogen-bond acceptors (Lipinski definition) is 5. The summed E-state index contributed by atoms with van der Waals surface area (Å²) in [6.07, 6.45) is 5.07. The van der Waals surface area contributed by atoms with Crippen LogP contribution in [0.5, 0.6) is 5.75 Å². The van der Waals surface area contributed by atoms with Gasteiger partial charge in [-0.2, -0.15) is 4.98 Å². The average Bonchev–Trinajstić information content (AvgIpc) is 3.08. The largest absolute Gasteiger partial charge is 0.496 e. The lowest BCUT2D eigenvalue weighted by atomic mass is 9.95. The van der Waals surface area contributed by atoms with Crippen molar-refractivity contribution in [2.45, 2.75) is 44.6 Å². The van der Waals surface area contributed by atoms with Gasteiger partial charge in [-0.1, -0.05) is 24.1 Å². The fourth-order valence-electron chi connectivity index (χ4n) is 2.98. The third-order valence-electron chi connectivity index (χ3n) is 4.17. The first-order valence-corrected chi connectivity index (χ1v) is 7.36. The van der Waals surface area contributed by atoms with Gasteiger partial charge in [-0.25, -0.2) is 0 Å². The minimum atomic E-state index is -0.179. The Morgan fingerprint density at radius 1 is 1.33 bits per heavy atom. The first-order valence-electron chi connectivity index (χ1n) is 7.36. The Labute approximate surface area is 124 Å². The van der Waals surface area contributed by atoms with E-state index in [1.165, 1.54) is 12.8 Å². The lowest BCUT2D eigenvalue weighted by molar-refractivity contribution is 0.329. The van der Waals surface area contributed by atoms with Crippen molar-refractivity contribution in [3.63, 3.8) is 0 Å². The van der Waals surface area contributed by atoms with Crippen LogP contribution in [0.25, 0.3) is 11.4 Å². The van der Waals surface area contributed by atoms with E-state index in [4.69, 9.17) is 15.0 Å². The first-order chi connectivity index (χ1) is 10.1. The Balaban J connectivity index is 1.85. The standard InChI is InChI=1S/C16H21N3O2/c1-11-5-6-12(13(9-11)20-2)15-18-14(21-19-15)10-16(17)7-3-4-8-16/h5-6,9H,3-4,7-8,10,17H2,1-2H3. The molecule has 3 rings (SSSR count).